The van der Waals surface area contributed by atoms with Crippen LogP contribution in [0.5, 0.6) is 5.88 Å². The zero-order valence-electron chi connectivity index (χ0n) is 10.1. The van der Waals surface area contributed by atoms with Gasteiger partial charge in [0.2, 0.25) is 5.91 Å². The van der Waals surface area contributed by atoms with E-state index in [-0.39, 0.29) is 22.7 Å². The number of imidazole rings is 1. The van der Waals surface area contributed by atoms with Crippen molar-refractivity contribution >= 4 is 17.8 Å². The highest BCUT2D eigenvalue weighted by atomic mass is 16.5. The van der Waals surface area contributed by atoms with Crippen LogP contribution in [0.25, 0.3) is 0 Å². The van der Waals surface area contributed by atoms with E-state index in [0.29, 0.717) is 0 Å². The van der Waals surface area contributed by atoms with Crippen molar-refractivity contribution in [1.82, 2.24) is 9.97 Å². The van der Waals surface area contributed by atoms with Gasteiger partial charge < -0.3 is 21.2 Å². The molecular formula is C12H10N4O4. The lowest BCUT2D eigenvalue weighted by atomic mass is 10.1. The zero-order chi connectivity index (χ0) is 14.7. The SMILES string of the molecule is NC(=O)c1ccc(C(=O)Oc2nc[nH]c2C(N)=O)cc1. The van der Waals surface area contributed by atoms with Crippen molar-refractivity contribution in [3.8, 4) is 5.88 Å². The maximum atomic E-state index is 11.8. The number of esters is 1. The minimum absolute atomic E-state index is 0.105. The summed E-state index contributed by atoms with van der Waals surface area (Å²) in [5.74, 6) is -2.35. The number of aromatic nitrogens is 2. The highest BCUT2D eigenvalue weighted by Gasteiger charge is 2.17. The number of primary amides is 2. The van der Waals surface area contributed by atoms with Gasteiger partial charge in [-0.05, 0) is 24.3 Å². The Morgan fingerprint density at radius 2 is 1.60 bits per heavy atom. The first-order valence-electron chi connectivity index (χ1n) is 5.44. The molecule has 0 aliphatic heterocycles. The number of ether oxygens (including phenoxy) is 1. The van der Waals surface area contributed by atoms with Crippen molar-refractivity contribution in [2.75, 3.05) is 0 Å². The Hall–Kier alpha value is -3.16. The Kier molecular flexibility index (Phi) is 3.47. The smallest absolute Gasteiger partial charge is 0.344 e. The van der Waals surface area contributed by atoms with Gasteiger partial charge >= 0.3 is 5.97 Å². The zero-order valence-corrected chi connectivity index (χ0v) is 10.1. The van der Waals surface area contributed by atoms with E-state index in [1.165, 1.54) is 30.6 Å². The fourth-order valence-electron chi connectivity index (χ4n) is 1.45. The number of H-pyrrole nitrogens is 1. The molecule has 8 heteroatoms. The van der Waals surface area contributed by atoms with Gasteiger partial charge in [0.05, 0.1) is 11.9 Å². The largest absolute Gasteiger partial charge is 0.401 e. The summed E-state index contributed by atoms with van der Waals surface area (Å²) >= 11 is 0. The van der Waals surface area contributed by atoms with E-state index in [4.69, 9.17) is 16.2 Å². The Labute approximate surface area is 112 Å². The second-order valence-electron chi connectivity index (χ2n) is 3.78. The molecule has 8 nitrogen and oxygen atoms in total. The van der Waals surface area contributed by atoms with Gasteiger partial charge in [-0.3, -0.25) is 9.59 Å². The number of benzene rings is 1. The lowest BCUT2D eigenvalue weighted by molar-refractivity contribution is 0.0725. The van der Waals surface area contributed by atoms with Crippen molar-refractivity contribution in [2.24, 2.45) is 11.5 Å². The Morgan fingerprint density at radius 1 is 1.00 bits per heavy atom. The number of nitrogens with two attached hydrogens (primary N) is 2. The molecule has 0 radical (unpaired) electrons. The Morgan fingerprint density at radius 3 is 2.15 bits per heavy atom. The third kappa shape index (κ3) is 2.64. The molecule has 2 amide bonds. The topological polar surface area (TPSA) is 141 Å². The predicted molar refractivity (Wildman–Crippen MR) is 67.0 cm³/mol. The normalized spacial score (nSPS) is 10.0. The first-order chi connectivity index (χ1) is 9.49. The number of rotatable bonds is 4. The monoisotopic (exact) mass is 274 g/mol. The molecule has 5 N–H and O–H groups in total. The lowest BCUT2D eigenvalue weighted by Gasteiger charge is -2.03. The standard InChI is InChI=1S/C12H10N4O4/c13-9(17)6-1-3-7(4-2-6)12(19)20-11-8(10(14)18)15-5-16-11/h1-5H,(H2,13,17)(H2,14,18)(H,15,16). The number of aromatic amines is 1. The van der Waals surface area contributed by atoms with Crippen LogP contribution in [0.15, 0.2) is 30.6 Å². The third-order valence-corrected chi connectivity index (χ3v) is 2.45. The molecule has 20 heavy (non-hydrogen) atoms. The van der Waals surface area contributed by atoms with Crippen LogP contribution < -0.4 is 16.2 Å². The summed E-state index contributed by atoms with van der Waals surface area (Å²) in [4.78, 5) is 39.9. The second kappa shape index (κ2) is 5.22. The van der Waals surface area contributed by atoms with E-state index in [1.54, 1.807) is 0 Å². The summed E-state index contributed by atoms with van der Waals surface area (Å²) < 4.78 is 4.93. The molecule has 0 fully saturated rings. The average Bonchev–Trinajstić information content (AvgIpc) is 2.87. The van der Waals surface area contributed by atoms with Gasteiger partial charge in [0.25, 0.3) is 11.8 Å². The van der Waals surface area contributed by atoms with Crippen LogP contribution in [0.4, 0.5) is 0 Å². The highest BCUT2D eigenvalue weighted by molar-refractivity contribution is 5.97. The summed E-state index contributed by atoms with van der Waals surface area (Å²) in [6.07, 6.45) is 1.18. The summed E-state index contributed by atoms with van der Waals surface area (Å²) in [7, 11) is 0. The van der Waals surface area contributed by atoms with Crippen LogP contribution in [0.3, 0.4) is 0 Å². The molecule has 0 aliphatic carbocycles. The van der Waals surface area contributed by atoms with Crippen LogP contribution in [-0.4, -0.2) is 27.8 Å². The second-order valence-corrected chi connectivity index (χ2v) is 3.78. The molecule has 0 aliphatic rings. The molecule has 0 atom stereocenters. The van der Waals surface area contributed by atoms with E-state index in [1.807, 2.05) is 0 Å². The van der Waals surface area contributed by atoms with Gasteiger partial charge in [-0.2, -0.15) is 0 Å². The predicted octanol–water partition coefficient (Wildman–Crippen LogP) is -0.173. The number of carbonyl (C=O) groups excluding carboxylic acids is 3. The fraction of sp³-hybridized carbons (Fsp3) is 0. The Bertz CT molecular complexity index is 675. The van der Waals surface area contributed by atoms with Crippen LogP contribution in [0.2, 0.25) is 0 Å². The van der Waals surface area contributed by atoms with Gasteiger partial charge in [0.1, 0.15) is 0 Å². The van der Waals surface area contributed by atoms with Crippen molar-refractivity contribution in [3.05, 3.63) is 47.4 Å². The molecule has 1 heterocycles. The van der Waals surface area contributed by atoms with E-state index in [9.17, 15) is 14.4 Å². The average molecular weight is 274 g/mol. The van der Waals surface area contributed by atoms with E-state index in [2.05, 4.69) is 9.97 Å². The van der Waals surface area contributed by atoms with Crippen molar-refractivity contribution < 1.29 is 19.1 Å². The summed E-state index contributed by atoms with van der Waals surface area (Å²) in [5.41, 5.74) is 10.5. The van der Waals surface area contributed by atoms with Crippen LogP contribution in [0.1, 0.15) is 31.2 Å². The molecule has 2 aromatic rings. The molecule has 0 bridgehead atoms. The molecule has 0 saturated carbocycles. The summed E-state index contributed by atoms with van der Waals surface area (Å²) in [6.45, 7) is 0. The lowest BCUT2D eigenvalue weighted by Crippen LogP contribution is -2.16. The van der Waals surface area contributed by atoms with E-state index in [0.717, 1.165) is 0 Å². The van der Waals surface area contributed by atoms with Gasteiger partial charge in [-0.15, -0.1) is 0 Å². The first-order valence-corrected chi connectivity index (χ1v) is 5.44. The van der Waals surface area contributed by atoms with E-state index >= 15 is 0 Å². The maximum Gasteiger partial charge on any atom is 0.344 e. The molecule has 1 aromatic carbocycles. The molecular weight excluding hydrogens is 264 g/mol. The molecule has 0 unspecified atom stereocenters. The number of hydrogen-bond acceptors (Lipinski definition) is 5. The van der Waals surface area contributed by atoms with Gasteiger partial charge in [0.15, 0.2) is 5.69 Å². The van der Waals surface area contributed by atoms with Gasteiger partial charge in [-0.1, -0.05) is 0 Å². The van der Waals surface area contributed by atoms with Gasteiger partial charge in [0, 0.05) is 5.56 Å². The number of carbonyl (C=O) groups is 3. The minimum atomic E-state index is -0.797. The third-order valence-electron chi connectivity index (χ3n) is 2.45. The van der Waals surface area contributed by atoms with E-state index < -0.39 is 17.8 Å². The van der Waals surface area contributed by atoms with Crippen LogP contribution in [0, 0.1) is 0 Å². The summed E-state index contributed by atoms with van der Waals surface area (Å²) in [5, 5.41) is 0. The summed E-state index contributed by atoms with van der Waals surface area (Å²) in [6, 6.07) is 5.52. The molecule has 0 spiro atoms. The van der Waals surface area contributed by atoms with Crippen molar-refractivity contribution in [1.29, 1.82) is 0 Å². The number of amides is 2. The molecule has 2 rings (SSSR count). The highest BCUT2D eigenvalue weighted by Crippen LogP contribution is 2.14. The Balaban J connectivity index is 2.17. The van der Waals surface area contributed by atoms with Gasteiger partial charge in [-0.25, -0.2) is 9.78 Å². The molecule has 1 aromatic heterocycles. The number of nitrogens with one attached hydrogen (secondary N) is 1. The number of nitrogens with zero attached hydrogens (tertiary/aromatic N) is 1. The van der Waals surface area contributed by atoms with Crippen molar-refractivity contribution in [2.45, 2.75) is 0 Å². The minimum Gasteiger partial charge on any atom is -0.401 e. The first kappa shape index (κ1) is 13.3. The molecule has 0 saturated heterocycles. The quantitative estimate of drug-likeness (QED) is 0.663. The number of hydrogen-bond donors (Lipinski definition) is 3. The van der Waals surface area contributed by atoms with Crippen LogP contribution >= 0.6 is 0 Å². The van der Waals surface area contributed by atoms with Crippen LogP contribution in [-0.2, 0) is 0 Å². The maximum absolute atomic E-state index is 11.8. The fourth-order valence-corrected chi connectivity index (χ4v) is 1.45. The van der Waals surface area contributed by atoms with Crippen molar-refractivity contribution in [3.63, 3.8) is 0 Å². The molecule has 102 valence electrons.